The number of carbonyl (C=O) groups is 1. The van der Waals surface area contributed by atoms with E-state index in [1.165, 1.54) is 0 Å². The molecule has 1 N–H and O–H groups in total. The number of halogens is 2. The third-order valence-electron chi connectivity index (χ3n) is 4.61. The van der Waals surface area contributed by atoms with E-state index in [2.05, 4.69) is 0 Å². The molecule has 1 amide bonds. The molecule has 0 bridgehead atoms. The summed E-state index contributed by atoms with van der Waals surface area (Å²) in [4.78, 5) is 14.4. The minimum absolute atomic E-state index is 0.0131. The van der Waals surface area contributed by atoms with Gasteiger partial charge in [-0.15, -0.1) is 0 Å². The van der Waals surface area contributed by atoms with Crippen LogP contribution >= 0.6 is 11.8 Å². The number of carbonyl (C=O) groups excluding carboxylic acids is 1. The number of hydrogen-bond donors (Lipinski definition) is 1. The fourth-order valence-corrected chi connectivity index (χ4v) is 3.93. The van der Waals surface area contributed by atoms with Gasteiger partial charge in [0.05, 0.1) is 6.04 Å². The van der Waals surface area contributed by atoms with Crippen LogP contribution in [-0.4, -0.2) is 39.9 Å². The second-order valence-electron chi connectivity index (χ2n) is 6.72. The van der Waals surface area contributed by atoms with Gasteiger partial charge in [-0.05, 0) is 44.9 Å². The number of ether oxygens (including phenoxy) is 1. The maximum absolute atomic E-state index is 12.7. The number of likely N-dealkylation sites (tertiary alicyclic amines) is 1. The van der Waals surface area contributed by atoms with Crippen LogP contribution in [-0.2, 0) is 4.79 Å². The van der Waals surface area contributed by atoms with Crippen LogP contribution in [0.25, 0.3) is 0 Å². The van der Waals surface area contributed by atoms with Gasteiger partial charge >= 0.3 is 0 Å². The van der Waals surface area contributed by atoms with E-state index in [-0.39, 0.29) is 5.91 Å². The molecule has 0 unspecified atom stereocenters. The lowest BCUT2D eigenvalue weighted by Gasteiger charge is -2.47. The van der Waals surface area contributed by atoms with Crippen molar-refractivity contribution in [1.82, 2.24) is 4.90 Å². The Morgan fingerprint density at radius 2 is 2.12 bits per heavy atom. The molecule has 1 aromatic rings. The van der Waals surface area contributed by atoms with Crippen LogP contribution in [0, 0.1) is 0 Å². The molecule has 0 aromatic heterocycles. The van der Waals surface area contributed by atoms with Crippen LogP contribution < -0.4 is 4.74 Å². The maximum Gasteiger partial charge on any atom is 0.288 e. The predicted octanol–water partition coefficient (Wildman–Crippen LogP) is 3.59. The number of thioether (sulfide) groups is 1. The van der Waals surface area contributed by atoms with Crippen molar-refractivity contribution in [3.63, 3.8) is 0 Å². The van der Waals surface area contributed by atoms with Crippen LogP contribution in [0.5, 0.6) is 5.75 Å². The first-order chi connectivity index (χ1) is 11.3. The summed E-state index contributed by atoms with van der Waals surface area (Å²) in [7, 11) is 0. The number of amides is 1. The van der Waals surface area contributed by atoms with E-state index in [9.17, 15) is 18.7 Å². The molecule has 2 heterocycles. The Morgan fingerprint density at radius 1 is 1.38 bits per heavy atom. The third kappa shape index (κ3) is 3.24. The molecule has 132 valence electrons. The van der Waals surface area contributed by atoms with Gasteiger partial charge in [-0.3, -0.25) is 4.79 Å². The molecule has 0 aliphatic carbocycles. The minimum atomic E-state index is -2.52. The Morgan fingerprint density at radius 3 is 2.79 bits per heavy atom. The van der Waals surface area contributed by atoms with Gasteiger partial charge in [-0.25, -0.2) is 0 Å². The first-order valence-corrected chi connectivity index (χ1v) is 8.93. The highest BCUT2D eigenvalue weighted by atomic mass is 32.2. The predicted molar refractivity (Wildman–Crippen MR) is 87.3 cm³/mol. The van der Waals surface area contributed by atoms with Crippen molar-refractivity contribution in [2.75, 3.05) is 6.54 Å². The van der Waals surface area contributed by atoms with Gasteiger partial charge in [0.2, 0.25) is 5.91 Å². The van der Waals surface area contributed by atoms with Gasteiger partial charge in [0.15, 0.2) is 0 Å². The smallest absolute Gasteiger partial charge is 0.288 e. The zero-order valence-corrected chi connectivity index (χ0v) is 14.5. The minimum Gasteiger partial charge on any atom is -0.485 e. The van der Waals surface area contributed by atoms with E-state index in [0.717, 1.165) is 12.8 Å². The Bertz CT molecular complexity index is 638. The van der Waals surface area contributed by atoms with Crippen LogP contribution in [0.4, 0.5) is 8.78 Å². The third-order valence-corrected chi connectivity index (χ3v) is 5.31. The fraction of sp³-hybridized carbons (Fsp3) is 0.588. The molecule has 0 spiro atoms. The molecule has 4 nitrogen and oxygen atoms in total. The van der Waals surface area contributed by atoms with Crippen LogP contribution in [0.2, 0.25) is 0 Å². The molecule has 24 heavy (non-hydrogen) atoms. The largest absolute Gasteiger partial charge is 0.485 e. The second kappa shape index (κ2) is 6.52. The summed E-state index contributed by atoms with van der Waals surface area (Å²) >= 11 is 0.448. The van der Waals surface area contributed by atoms with Crippen LogP contribution in [0.15, 0.2) is 23.1 Å². The summed E-state index contributed by atoms with van der Waals surface area (Å²) in [5.41, 5.74) is -0.269. The van der Waals surface area contributed by atoms with Crippen molar-refractivity contribution in [2.45, 2.75) is 61.5 Å². The van der Waals surface area contributed by atoms with E-state index in [4.69, 9.17) is 4.74 Å². The molecule has 0 radical (unpaired) electrons. The Balaban J connectivity index is 2.04. The van der Waals surface area contributed by atoms with Crippen molar-refractivity contribution < 1.29 is 23.4 Å². The van der Waals surface area contributed by atoms with E-state index in [0.29, 0.717) is 40.9 Å². The van der Waals surface area contributed by atoms with Gasteiger partial charge in [-0.1, -0.05) is 11.8 Å². The summed E-state index contributed by atoms with van der Waals surface area (Å²) in [6, 6.07) is 4.26. The van der Waals surface area contributed by atoms with Gasteiger partial charge in [0.25, 0.3) is 5.76 Å². The quantitative estimate of drug-likeness (QED) is 0.840. The maximum atomic E-state index is 12.7. The average molecular weight is 357 g/mol. The lowest BCUT2D eigenvalue weighted by Crippen LogP contribution is -2.55. The fourth-order valence-electron chi connectivity index (χ4n) is 3.38. The number of hydrogen-bond acceptors (Lipinski definition) is 4. The lowest BCUT2D eigenvalue weighted by molar-refractivity contribution is -0.147. The molecule has 2 aliphatic heterocycles. The highest BCUT2D eigenvalue weighted by Crippen LogP contribution is 2.45. The molecule has 1 fully saturated rings. The molecular formula is C17H21F2NO3S. The number of aliphatic hydroxyl groups is 1. The number of benzene rings is 1. The average Bonchev–Trinajstić information content (AvgIpc) is 2.50. The monoisotopic (exact) mass is 357 g/mol. The molecule has 1 aromatic carbocycles. The second-order valence-corrected chi connectivity index (χ2v) is 7.78. The highest BCUT2D eigenvalue weighted by Gasteiger charge is 2.47. The van der Waals surface area contributed by atoms with Crippen molar-refractivity contribution in [2.24, 2.45) is 0 Å². The number of aliphatic hydroxyl groups excluding tert-OH is 1. The van der Waals surface area contributed by atoms with Crippen molar-refractivity contribution in [3.05, 3.63) is 23.8 Å². The number of fused-ring (bicyclic) bond motifs is 1. The van der Waals surface area contributed by atoms with Crippen LogP contribution in [0.1, 0.15) is 44.7 Å². The molecular weight excluding hydrogens is 336 g/mol. The Kier molecular flexibility index (Phi) is 4.75. The standard InChI is InChI=1S/C17H21F2NO3S/c1-17(2)15(22)14(20-8-4-3-5-13(20)21)11-9-10(24-16(18)19)6-7-12(11)23-17/h6-7,9,14-16,22H,3-5,8H2,1-2H3/t14-,15+/m0/s1. The summed E-state index contributed by atoms with van der Waals surface area (Å²) in [5.74, 6) is -2.00. The summed E-state index contributed by atoms with van der Waals surface area (Å²) in [6.45, 7) is 4.09. The zero-order chi connectivity index (χ0) is 17.5. The number of rotatable bonds is 3. The van der Waals surface area contributed by atoms with Crippen molar-refractivity contribution >= 4 is 17.7 Å². The Hall–Kier alpha value is -1.34. The van der Waals surface area contributed by atoms with Gasteiger partial charge in [-0.2, -0.15) is 8.78 Å². The molecule has 2 atom stereocenters. The first kappa shape index (κ1) is 17.5. The molecule has 2 aliphatic rings. The van der Waals surface area contributed by atoms with Gasteiger partial charge in [0.1, 0.15) is 17.5 Å². The Labute approximate surface area is 144 Å². The van der Waals surface area contributed by atoms with E-state index in [1.807, 2.05) is 0 Å². The van der Waals surface area contributed by atoms with Crippen molar-refractivity contribution in [1.29, 1.82) is 0 Å². The van der Waals surface area contributed by atoms with E-state index < -0.39 is 23.5 Å². The molecule has 7 heteroatoms. The topological polar surface area (TPSA) is 49.8 Å². The highest BCUT2D eigenvalue weighted by molar-refractivity contribution is 7.99. The van der Waals surface area contributed by atoms with Gasteiger partial charge < -0.3 is 14.7 Å². The lowest BCUT2D eigenvalue weighted by atomic mass is 9.84. The normalized spacial score (nSPS) is 26.2. The zero-order valence-electron chi connectivity index (χ0n) is 13.7. The molecule has 1 saturated heterocycles. The number of alkyl halides is 2. The van der Waals surface area contributed by atoms with Gasteiger partial charge in [0, 0.05) is 23.4 Å². The van der Waals surface area contributed by atoms with Crippen molar-refractivity contribution in [3.8, 4) is 5.75 Å². The summed E-state index contributed by atoms with van der Waals surface area (Å²) in [5, 5.41) is 10.8. The number of piperidine rings is 1. The summed E-state index contributed by atoms with van der Waals surface area (Å²) < 4.78 is 31.2. The number of nitrogens with zero attached hydrogens (tertiary/aromatic N) is 1. The van der Waals surface area contributed by atoms with Crippen LogP contribution in [0.3, 0.4) is 0 Å². The SMILES string of the molecule is CC1(C)Oc2ccc(SC(F)F)cc2[C@H](N2CCCCC2=O)[C@H]1O. The summed E-state index contributed by atoms with van der Waals surface area (Å²) in [6.07, 6.45) is 1.23. The van der Waals surface area contributed by atoms with E-state index >= 15 is 0 Å². The van der Waals surface area contributed by atoms with E-state index in [1.54, 1.807) is 36.9 Å². The first-order valence-electron chi connectivity index (χ1n) is 8.05. The molecule has 0 saturated carbocycles. The molecule has 3 rings (SSSR count).